The fraction of sp³-hybridized carbons (Fsp3) is 0.125. The van der Waals surface area contributed by atoms with Crippen molar-refractivity contribution in [1.82, 2.24) is 29.9 Å². The van der Waals surface area contributed by atoms with Crippen molar-refractivity contribution in [3.63, 3.8) is 0 Å². The maximum Gasteiger partial charge on any atom is 0.155 e. The SMILES string of the molecule is CC1C=CC=C(c2[nH]c(CNc3cccc(C#N)c3C#N)nc2-c2ccc3ncnn3c2)N1. The van der Waals surface area contributed by atoms with Gasteiger partial charge in [0.05, 0.1) is 40.4 Å². The van der Waals surface area contributed by atoms with Crippen molar-refractivity contribution in [3.8, 4) is 23.4 Å². The van der Waals surface area contributed by atoms with Gasteiger partial charge in [-0.1, -0.05) is 18.2 Å². The van der Waals surface area contributed by atoms with Gasteiger partial charge >= 0.3 is 0 Å². The third kappa shape index (κ3) is 3.80. The number of nitriles is 2. The standard InChI is InChI=1S/C24H19N9/c1-15-4-2-7-20(30-15)24-23(17-8-9-22-28-14-29-33(22)13-17)31-21(32-24)12-27-19-6-3-5-16(10-25)18(19)11-26/h2-9,13-15,27,30H,12H2,1H3,(H,31,32). The van der Waals surface area contributed by atoms with E-state index in [0.29, 0.717) is 29.2 Å². The number of benzene rings is 1. The lowest BCUT2D eigenvalue weighted by Crippen LogP contribution is -2.24. The zero-order valence-electron chi connectivity index (χ0n) is 17.7. The van der Waals surface area contributed by atoms with Gasteiger partial charge in [0.1, 0.15) is 24.3 Å². The maximum absolute atomic E-state index is 9.49. The summed E-state index contributed by atoms with van der Waals surface area (Å²) < 4.78 is 1.71. The highest BCUT2D eigenvalue weighted by Crippen LogP contribution is 2.28. The van der Waals surface area contributed by atoms with E-state index in [-0.39, 0.29) is 6.04 Å². The number of nitrogens with one attached hydrogen (secondary N) is 3. The average Bonchev–Trinajstić information content (AvgIpc) is 3.49. The van der Waals surface area contributed by atoms with Gasteiger partial charge in [-0.2, -0.15) is 15.6 Å². The predicted molar refractivity (Wildman–Crippen MR) is 123 cm³/mol. The van der Waals surface area contributed by atoms with E-state index in [1.807, 2.05) is 30.5 Å². The molecular formula is C24H19N9. The van der Waals surface area contributed by atoms with E-state index in [1.54, 1.807) is 22.7 Å². The summed E-state index contributed by atoms with van der Waals surface area (Å²) in [4.78, 5) is 12.5. The highest BCUT2D eigenvalue weighted by Gasteiger charge is 2.19. The summed E-state index contributed by atoms with van der Waals surface area (Å²) in [7, 11) is 0. The normalized spacial score (nSPS) is 14.9. The number of pyridine rings is 1. The topological polar surface area (TPSA) is 131 Å². The predicted octanol–water partition coefficient (Wildman–Crippen LogP) is 3.36. The summed E-state index contributed by atoms with van der Waals surface area (Å²) in [5, 5.41) is 29.7. The molecule has 1 aliphatic rings. The molecule has 0 amide bonds. The molecule has 3 N–H and O–H groups in total. The largest absolute Gasteiger partial charge is 0.377 e. The summed E-state index contributed by atoms with van der Waals surface area (Å²) in [5.41, 5.74) is 5.45. The molecule has 0 spiro atoms. The molecule has 0 fully saturated rings. The van der Waals surface area contributed by atoms with E-state index in [2.05, 4.69) is 50.8 Å². The molecule has 1 unspecified atom stereocenters. The number of aromatic amines is 1. The fourth-order valence-electron chi connectivity index (χ4n) is 3.77. The lowest BCUT2D eigenvalue weighted by atomic mass is 10.1. The third-order valence-electron chi connectivity index (χ3n) is 5.36. The first-order valence-electron chi connectivity index (χ1n) is 10.4. The molecule has 0 bridgehead atoms. The Labute approximate surface area is 189 Å². The molecule has 160 valence electrons. The van der Waals surface area contributed by atoms with Crippen molar-refractivity contribution in [2.24, 2.45) is 0 Å². The van der Waals surface area contributed by atoms with E-state index in [4.69, 9.17) is 4.98 Å². The number of rotatable bonds is 5. The quantitative estimate of drug-likeness (QED) is 0.440. The van der Waals surface area contributed by atoms with E-state index in [1.165, 1.54) is 6.33 Å². The zero-order chi connectivity index (χ0) is 22.8. The van der Waals surface area contributed by atoms with E-state index < -0.39 is 0 Å². The third-order valence-corrected chi connectivity index (χ3v) is 5.36. The minimum Gasteiger partial charge on any atom is -0.377 e. The molecule has 33 heavy (non-hydrogen) atoms. The first kappa shape index (κ1) is 20.0. The number of hydrogen-bond donors (Lipinski definition) is 3. The molecule has 1 atom stereocenters. The number of anilines is 1. The van der Waals surface area contributed by atoms with Crippen molar-refractivity contribution in [3.05, 3.63) is 83.7 Å². The average molecular weight is 433 g/mol. The van der Waals surface area contributed by atoms with Gasteiger partial charge < -0.3 is 15.6 Å². The van der Waals surface area contributed by atoms with Gasteiger partial charge in [-0.15, -0.1) is 0 Å². The Bertz CT molecular complexity index is 1490. The molecule has 9 nitrogen and oxygen atoms in total. The molecule has 0 radical (unpaired) electrons. The van der Waals surface area contributed by atoms with Gasteiger partial charge in [-0.3, -0.25) is 0 Å². The summed E-state index contributed by atoms with van der Waals surface area (Å²) in [6.07, 6.45) is 9.51. The van der Waals surface area contributed by atoms with Crippen molar-refractivity contribution >= 4 is 17.0 Å². The minimum absolute atomic E-state index is 0.187. The molecule has 0 saturated carbocycles. The van der Waals surface area contributed by atoms with Crippen LogP contribution in [0.15, 0.2) is 61.1 Å². The number of nitrogens with zero attached hydrogens (tertiary/aromatic N) is 6. The Balaban J connectivity index is 1.52. The molecular weight excluding hydrogens is 414 g/mol. The summed E-state index contributed by atoms with van der Waals surface area (Å²) in [6, 6.07) is 13.4. The Kier molecular flexibility index (Phi) is 5.06. The van der Waals surface area contributed by atoms with Gasteiger partial charge in [0.25, 0.3) is 0 Å². The van der Waals surface area contributed by atoms with Crippen LogP contribution < -0.4 is 10.6 Å². The molecule has 9 heteroatoms. The molecule has 4 aromatic rings. The summed E-state index contributed by atoms with van der Waals surface area (Å²) in [6.45, 7) is 2.43. The monoisotopic (exact) mass is 433 g/mol. The lowest BCUT2D eigenvalue weighted by molar-refractivity contribution is 0.775. The number of allylic oxidation sites excluding steroid dienone is 2. The Hall–Kier alpha value is -4.89. The summed E-state index contributed by atoms with van der Waals surface area (Å²) >= 11 is 0. The first-order valence-corrected chi connectivity index (χ1v) is 10.4. The van der Waals surface area contributed by atoms with Crippen LogP contribution in [0.4, 0.5) is 5.69 Å². The molecule has 1 aliphatic heterocycles. The van der Waals surface area contributed by atoms with Crippen LogP contribution in [0.25, 0.3) is 22.6 Å². The second kappa shape index (κ2) is 8.33. The molecule has 4 heterocycles. The molecule has 0 aliphatic carbocycles. The van der Waals surface area contributed by atoms with Gasteiger partial charge in [-0.05, 0) is 37.3 Å². The lowest BCUT2D eigenvalue weighted by Gasteiger charge is -2.18. The second-order valence-electron chi connectivity index (χ2n) is 7.59. The van der Waals surface area contributed by atoms with E-state index in [9.17, 15) is 10.5 Å². The number of fused-ring (bicyclic) bond motifs is 1. The van der Waals surface area contributed by atoms with Crippen LogP contribution in [-0.2, 0) is 6.54 Å². The van der Waals surface area contributed by atoms with Crippen molar-refractivity contribution in [2.75, 3.05) is 5.32 Å². The van der Waals surface area contributed by atoms with Crippen LogP contribution in [-0.4, -0.2) is 30.6 Å². The van der Waals surface area contributed by atoms with E-state index >= 15 is 0 Å². The molecule has 3 aromatic heterocycles. The van der Waals surface area contributed by atoms with Gasteiger partial charge in [-0.25, -0.2) is 14.5 Å². The fourth-order valence-corrected chi connectivity index (χ4v) is 3.77. The highest BCUT2D eigenvalue weighted by molar-refractivity contribution is 5.78. The van der Waals surface area contributed by atoms with Gasteiger partial charge in [0, 0.05) is 17.8 Å². The van der Waals surface area contributed by atoms with Gasteiger partial charge in [0.2, 0.25) is 0 Å². The number of H-pyrrole nitrogens is 1. The second-order valence-corrected chi connectivity index (χ2v) is 7.59. The number of imidazole rings is 1. The van der Waals surface area contributed by atoms with Crippen molar-refractivity contribution in [1.29, 1.82) is 10.5 Å². The van der Waals surface area contributed by atoms with Crippen LogP contribution in [0.1, 0.15) is 29.6 Å². The number of aromatic nitrogens is 5. The summed E-state index contributed by atoms with van der Waals surface area (Å²) in [5.74, 6) is 0.690. The molecule has 0 saturated heterocycles. The van der Waals surface area contributed by atoms with Crippen LogP contribution in [0.3, 0.4) is 0 Å². The Morgan fingerprint density at radius 3 is 2.91 bits per heavy atom. The molecule has 5 rings (SSSR count). The van der Waals surface area contributed by atoms with Crippen LogP contribution >= 0.6 is 0 Å². The van der Waals surface area contributed by atoms with Crippen LogP contribution in [0, 0.1) is 22.7 Å². The minimum atomic E-state index is 0.187. The van der Waals surface area contributed by atoms with Crippen LogP contribution in [0.2, 0.25) is 0 Å². The van der Waals surface area contributed by atoms with Gasteiger partial charge in [0.15, 0.2) is 5.65 Å². The molecule has 1 aromatic carbocycles. The van der Waals surface area contributed by atoms with Crippen molar-refractivity contribution < 1.29 is 0 Å². The maximum atomic E-state index is 9.49. The zero-order valence-corrected chi connectivity index (χ0v) is 17.7. The smallest absolute Gasteiger partial charge is 0.155 e. The Morgan fingerprint density at radius 1 is 1.18 bits per heavy atom. The number of hydrogen-bond acceptors (Lipinski definition) is 7. The highest BCUT2D eigenvalue weighted by atomic mass is 15.3. The van der Waals surface area contributed by atoms with Crippen molar-refractivity contribution in [2.45, 2.75) is 19.5 Å². The Morgan fingerprint density at radius 2 is 2.09 bits per heavy atom. The van der Waals surface area contributed by atoms with E-state index in [0.717, 1.165) is 28.3 Å². The first-order chi connectivity index (χ1) is 16.2. The van der Waals surface area contributed by atoms with Crippen LogP contribution in [0.5, 0.6) is 0 Å². The number of dihydropyridines is 1.